The fourth-order valence-corrected chi connectivity index (χ4v) is 1.35. The van der Waals surface area contributed by atoms with Gasteiger partial charge in [0.25, 0.3) is 0 Å². The maximum Gasteiger partial charge on any atom is 0.140 e. The fraction of sp³-hybridized carbons (Fsp3) is 0.556. The summed E-state index contributed by atoms with van der Waals surface area (Å²) in [5.41, 5.74) is 20.7. The molecule has 0 spiro atoms. The first kappa shape index (κ1) is 11.4. The quantitative estimate of drug-likeness (QED) is 0.352. The maximum atomic E-state index is 9.81. The second kappa shape index (κ2) is 3.80. The Labute approximate surface area is 83.4 Å². The van der Waals surface area contributed by atoms with Gasteiger partial charge < -0.3 is 22.3 Å². The standard InChI is InChI=1S/C9H18N4O/c10-6-5-9(13,14)7-1-3-8(11,12)4-2-7/h1-3,14H,4-6,10-13H2. The van der Waals surface area contributed by atoms with Crippen molar-refractivity contribution in [3.63, 3.8) is 0 Å². The SMILES string of the molecule is NCCC(N)(O)C1=CCC(N)(N)C=C1. The molecular formula is C9H18N4O. The van der Waals surface area contributed by atoms with E-state index >= 15 is 0 Å². The zero-order valence-electron chi connectivity index (χ0n) is 8.11. The van der Waals surface area contributed by atoms with Gasteiger partial charge in [-0.25, -0.2) is 0 Å². The van der Waals surface area contributed by atoms with Crippen molar-refractivity contribution in [2.75, 3.05) is 6.54 Å². The van der Waals surface area contributed by atoms with E-state index in [4.69, 9.17) is 22.9 Å². The Morgan fingerprint density at radius 3 is 2.57 bits per heavy atom. The molecule has 0 radical (unpaired) electrons. The Bertz CT molecular complexity index is 268. The third kappa shape index (κ3) is 2.63. The van der Waals surface area contributed by atoms with E-state index in [1.165, 1.54) is 0 Å². The van der Waals surface area contributed by atoms with Gasteiger partial charge in [-0.1, -0.05) is 12.2 Å². The molecule has 0 amide bonds. The van der Waals surface area contributed by atoms with Gasteiger partial charge in [-0.2, -0.15) is 0 Å². The van der Waals surface area contributed by atoms with Gasteiger partial charge in [0.2, 0.25) is 0 Å². The first-order valence-electron chi connectivity index (χ1n) is 4.56. The molecular weight excluding hydrogens is 180 g/mol. The van der Waals surface area contributed by atoms with Crippen LogP contribution in [0, 0.1) is 0 Å². The number of rotatable bonds is 3. The Morgan fingerprint density at radius 1 is 1.50 bits per heavy atom. The van der Waals surface area contributed by atoms with Crippen LogP contribution in [-0.4, -0.2) is 23.0 Å². The third-order valence-corrected chi connectivity index (χ3v) is 2.27. The van der Waals surface area contributed by atoms with Gasteiger partial charge in [-0.15, -0.1) is 0 Å². The Morgan fingerprint density at radius 2 is 2.14 bits per heavy atom. The van der Waals surface area contributed by atoms with E-state index in [1.807, 2.05) is 0 Å². The molecule has 5 heteroatoms. The van der Waals surface area contributed by atoms with Gasteiger partial charge >= 0.3 is 0 Å². The molecule has 0 bridgehead atoms. The Kier molecular flexibility index (Phi) is 3.08. The minimum Gasteiger partial charge on any atom is -0.372 e. The number of aliphatic hydroxyl groups is 1. The highest BCUT2D eigenvalue weighted by atomic mass is 16.3. The average molecular weight is 198 g/mol. The smallest absolute Gasteiger partial charge is 0.140 e. The van der Waals surface area contributed by atoms with Crippen molar-refractivity contribution < 1.29 is 5.11 Å². The van der Waals surface area contributed by atoms with Crippen molar-refractivity contribution in [3.05, 3.63) is 23.8 Å². The summed E-state index contributed by atoms with van der Waals surface area (Å²) in [7, 11) is 0. The van der Waals surface area contributed by atoms with Crippen LogP contribution in [0.4, 0.5) is 0 Å². The van der Waals surface area contributed by atoms with Crippen LogP contribution in [0.1, 0.15) is 12.8 Å². The van der Waals surface area contributed by atoms with Crippen LogP contribution >= 0.6 is 0 Å². The van der Waals surface area contributed by atoms with Crippen LogP contribution in [0.15, 0.2) is 23.8 Å². The summed E-state index contributed by atoms with van der Waals surface area (Å²) in [6.07, 6.45) is 5.81. The van der Waals surface area contributed by atoms with Crippen LogP contribution in [-0.2, 0) is 0 Å². The van der Waals surface area contributed by atoms with E-state index in [2.05, 4.69) is 0 Å². The lowest BCUT2D eigenvalue weighted by molar-refractivity contribution is 0.0814. The van der Waals surface area contributed by atoms with Gasteiger partial charge in [0.15, 0.2) is 0 Å². The molecule has 0 aromatic carbocycles. The molecule has 0 aliphatic heterocycles. The molecule has 0 saturated heterocycles. The highest BCUT2D eigenvalue weighted by molar-refractivity contribution is 5.33. The van der Waals surface area contributed by atoms with Crippen LogP contribution in [0.2, 0.25) is 0 Å². The molecule has 1 aliphatic rings. The molecule has 1 unspecified atom stereocenters. The highest BCUT2D eigenvalue weighted by Gasteiger charge is 2.27. The van der Waals surface area contributed by atoms with E-state index in [-0.39, 0.29) is 0 Å². The summed E-state index contributed by atoms with van der Waals surface area (Å²) in [6.45, 7) is 0.328. The topological polar surface area (TPSA) is 124 Å². The molecule has 0 fully saturated rings. The van der Waals surface area contributed by atoms with Crippen molar-refractivity contribution in [2.24, 2.45) is 22.9 Å². The number of nitrogens with two attached hydrogens (primary N) is 4. The van der Waals surface area contributed by atoms with E-state index in [0.29, 0.717) is 25.0 Å². The number of hydrogen-bond acceptors (Lipinski definition) is 5. The molecule has 80 valence electrons. The first-order valence-corrected chi connectivity index (χ1v) is 4.56. The van der Waals surface area contributed by atoms with Gasteiger partial charge in [-0.3, -0.25) is 5.73 Å². The van der Waals surface area contributed by atoms with E-state index in [9.17, 15) is 5.11 Å². The lowest BCUT2D eigenvalue weighted by Crippen LogP contribution is -2.50. The van der Waals surface area contributed by atoms with Gasteiger partial charge in [0.05, 0.1) is 5.66 Å². The third-order valence-electron chi connectivity index (χ3n) is 2.27. The summed E-state index contributed by atoms with van der Waals surface area (Å²) in [5.74, 6) is 0. The second-order valence-corrected chi connectivity index (χ2v) is 3.77. The lowest BCUT2D eigenvalue weighted by atomic mass is 9.91. The van der Waals surface area contributed by atoms with E-state index in [1.54, 1.807) is 18.2 Å². The van der Waals surface area contributed by atoms with Crippen LogP contribution in [0.25, 0.3) is 0 Å². The summed E-state index contributed by atoms with van der Waals surface area (Å²) in [6, 6.07) is 0. The normalized spacial score (nSPS) is 24.2. The van der Waals surface area contributed by atoms with Crippen LogP contribution < -0.4 is 22.9 Å². The summed E-state index contributed by atoms with van der Waals surface area (Å²) < 4.78 is 0. The zero-order valence-corrected chi connectivity index (χ0v) is 8.11. The average Bonchev–Trinajstić information content (AvgIpc) is 2.03. The van der Waals surface area contributed by atoms with Crippen LogP contribution in [0.3, 0.4) is 0 Å². The summed E-state index contributed by atoms with van der Waals surface area (Å²) in [4.78, 5) is 0. The van der Waals surface area contributed by atoms with E-state index < -0.39 is 11.4 Å². The fourth-order valence-electron chi connectivity index (χ4n) is 1.35. The predicted octanol–water partition coefficient (Wildman–Crippen LogP) is -1.52. The number of hydrogen-bond donors (Lipinski definition) is 5. The van der Waals surface area contributed by atoms with Crippen molar-refractivity contribution in [1.82, 2.24) is 0 Å². The van der Waals surface area contributed by atoms with Gasteiger partial charge in [-0.05, 0) is 18.2 Å². The molecule has 0 heterocycles. The van der Waals surface area contributed by atoms with E-state index in [0.717, 1.165) is 0 Å². The Hall–Kier alpha value is -0.720. The molecule has 0 aromatic rings. The first-order chi connectivity index (χ1) is 6.37. The van der Waals surface area contributed by atoms with Crippen LogP contribution in [0.5, 0.6) is 0 Å². The largest absolute Gasteiger partial charge is 0.372 e. The molecule has 1 rings (SSSR count). The molecule has 14 heavy (non-hydrogen) atoms. The van der Waals surface area contributed by atoms with Crippen molar-refractivity contribution in [1.29, 1.82) is 0 Å². The molecule has 5 nitrogen and oxygen atoms in total. The monoisotopic (exact) mass is 198 g/mol. The molecule has 1 atom stereocenters. The highest BCUT2D eigenvalue weighted by Crippen LogP contribution is 2.22. The summed E-state index contributed by atoms with van der Waals surface area (Å²) in [5, 5.41) is 9.81. The maximum absolute atomic E-state index is 9.81. The lowest BCUT2D eigenvalue weighted by Gasteiger charge is -2.29. The van der Waals surface area contributed by atoms with Crippen molar-refractivity contribution >= 4 is 0 Å². The van der Waals surface area contributed by atoms with Crippen molar-refractivity contribution in [2.45, 2.75) is 24.2 Å². The van der Waals surface area contributed by atoms with Gasteiger partial charge in [0, 0.05) is 12.8 Å². The van der Waals surface area contributed by atoms with Crippen molar-refractivity contribution in [3.8, 4) is 0 Å². The van der Waals surface area contributed by atoms with Gasteiger partial charge in [0.1, 0.15) is 5.72 Å². The minimum atomic E-state index is -1.37. The Balaban J connectivity index is 2.74. The minimum absolute atomic E-state index is 0.311. The molecule has 0 saturated carbocycles. The predicted molar refractivity (Wildman–Crippen MR) is 55.8 cm³/mol. The molecule has 0 aromatic heterocycles. The zero-order chi connectivity index (χ0) is 10.8. The molecule has 9 N–H and O–H groups in total. The second-order valence-electron chi connectivity index (χ2n) is 3.77. The summed E-state index contributed by atoms with van der Waals surface area (Å²) >= 11 is 0. The molecule has 1 aliphatic carbocycles.